The fourth-order valence-corrected chi connectivity index (χ4v) is 2.55. The van der Waals surface area contributed by atoms with E-state index < -0.39 is 0 Å². The first-order valence-corrected chi connectivity index (χ1v) is 8.88. The first-order valence-electron chi connectivity index (χ1n) is 8.88. The average Bonchev–Trinajstić information content (AvgIpc) is 2.60. The Morgan fingerprint density at radius 3 is 2.00 bits per heavy atom. The van der Waals surface area contributed by atoms with Crippen molar-refractivity contribution in [3.63, 3.8) is 0 Å². The van der Waals surface area contributed by atoms with Crippen LogP contribution in [0.15, 0.2) is 48.5 Å². The smallest absolute Gasteiger partial charge is 0.244 e. The van der Waals surface area contributed by atoms with Gasteiger partial charge in [0.25, 0.3) is 0 Å². The van der Waals surface area contributed by atoms with Crippen molar-refractivity contribution in [3.8, 4) is 5.75 Å². The molecule has 0 aliphatic carbocycles. The van der Waals surface area contributed by atoms with Crippen LogP contribution in [0.3, 0.4) is 0 Å². The summed E-state index contributed by atoms with van der Waals surface area (Å²) >= 11 is 0. The molecule has 27 heavy (non-hydrogen) atoms. The number of hydrogen-bond acceptors (Lipinski definition) is 4. The highest BCUT2D eigenvalue weighted by atomic mass is 16.5. The third-order valence-electron chi connectivity index (χ3n) is 3.87. The van der Waals surface area contributed by atoms with E-state index in [-0.39, 0.29) is 24.5 Å². The van der Waals surface area contributed by atoms with Crippen molar-refractivity contribution < 1.29 is 14.3 Å². The molecular formula is C21H27N3O3. The first-order chi connectivity index (χ1) is 12.8. The van der Waals surface area contributed by atoms with E-state index >= 15 is 0 Å². The Kier molecular flexibility index (Phi) is 6.82. The molecule has 0 spiro atoms. The molecule has 0 radical (unpaired) electrons. The lowest BCUT2D eigenvalue weighted by atomic mass is 10.2. The van der Waals surface area contributed by atoms with E-state index in [1.807, 2.05) is 57.1 Å². The van der Waals surface area contributed by atoms with Crippen LogP contribution in [-0.4, -0.2) is 38.6 Å². The van der Waals surface area contributed by atoms with Crippen molar-refractivity contribution in [3.05, 3.63) is 48.5 Å². The molecule has 0 saturated heterocycles. The topological polar surface area (TPSA) is 61.9 Å². The van der Waals surface area contributed by atoms with Gasteiger partial charge in [0.2, 0.25) is 11.8 Å². The summed E-state index contributed by atoms with van der Waals surface area (Å²) in [4.78, 5) is 27.8. The van der Waals surface area contributed by atoms with Crippen LogP contribution in [0, 0.1) is 0 Å². The average molecular weight is 369 g/mol. The number of amides is 2. The summed E-state index contributed by atoms with van der Waals surface area (Å²) in [5, 5.41) is 2.82. The largest absolute Gasteiger partial charge is 0.491 e. The van der Waals surface area contributed by atoms with Crippen LogP contribution < -0.4 is 19.9 Å². The van der Waals surface area contributed by atoms with Gasteiger partial charge in [-0.1, -0.05) is 0 Å². The quantitative estimate of drug-likeness (QED) is 0.811. The number of benzene rings is 2. The number of hydrogen-bond donors (Lipinski definition) is 1. The van der Waals surface area contributed by atoms with Gasteiger partial charge in [0.05, 0.1) is 6.10 Å². The van der Waals surface area contributed by atoms with Gasteiger partial charge in [-0.2, -0.15) is 0 Å². The molecule has 0 unspecified atom stereocenters. The molecule has 0 aliphatic heterocycles. The van der Waals surface area contributed by atoms with Gasteiger partial charge in [-0.25, -0.2) is 0 Å². The lowest BCUT2D eigenvalue weighted by molar-refractivity contribution is -0.120. The molecule has 6 heteroatoms. The number of anilines is 3. The van der Waals surface area contributed by atoms with Crippen molar-refractivity contribution >= 4 is 28.9 Å². The number of carbonyl (C=O) groups is 2. The summed E-state index contributed by atoms with van der Waals surface area (Å²) < 4.78 is 5.61. The van der Waals surface area contributed by atoms with Gasteiger partial charge >= 0.3 is 0 Å². The summed E-state index contributed by atoms with van der Waals surface area (Å²) in [7, 11) is 3.91. The maximum atomic E-state index is 12.4. The third-order valence-corrected chi connectivity index (χ3v) is 3.87. The highest BCUT2D eigenvalue weighted by molar-refractivity contribution is 6.01. The van der Waals surface area contributed by atoms with Crippen LogP contribution in [0.25, 0.3) is 0 Å². The predicted molar refractivity (Wildman–Crippen MR) is 110 cm³/mol. The Balaban J connectivity index is 2.04. The Bertz CT molecular complexity index is 768. The van der Waals surface area contributed by atoms with E-state index in [2.05, 4.69) is 5.32 Å². The molecule has 2 rings (SSSR count). The Morgan fingerprint density at radius 2 is 1.52 bits per heavy atom. The second kappa shape index (κ2) is 9.07. The fourth-order valence-electron chi connectivity index (χ4n) is 2.55. The molecule has 0 aromatic heterocycles. The maximum Gasteiger partial charge on any atom is 0.244 e. The van der Waals surface area contributed by atoms with Crippen LogP contribution in [0.5, 0.6) is 5.75 Å². The van der Waals surface area contributed by atoms with Crippen LogP contribution in [0.4, 0.5) is 17.1 Å². The van der Waals surface area contributed by atoms with E-state index in [1.165, 1.54) is 11.8 Å². The summed E-state index contributed by atoms with van der Waals surface area (Å²) in [6, 6.07) is 14.7. The standard InChI is InChI=1S/C21H27N3O3/c1-15(2)27-20-12-10-19(11-13-20)24(16(3)25)14-21(26)22-17-6-8-18(9-7-17)23(4)5/h6-13,15H,14H2,1-5H3,(H,22,26). The second-order valence-electron chi connectivity index (χ2n) is 6.76. The molecule has 0 heterocycles. The lowest BCUT2D eigenvalue weighted by Crippen LogP contribution is -2.36. The van der Waals surface area contributed by atoms with E-state index in [0.717, 1.165) is 11.4 Å². The Labute approximate surface area is 160 Å². The summed E-state index contributed by atoms with van der Waals surface area (Å²) in [5.74, 6) is 0.263. The van der Waals surface area contributed by atoms with Gasteiger partial charge in [0.15, 0.2) is 0 Å². The molecule has 2 aromatic rings. The van der Waals surface area contributed by atoms with Gasteiger partial charge in [0.1, 0.15) is 12.3 Å². The van der Waals surface area contributed by atoms with E-state index in [0.29, 0.717) is 11.4 Å². The molecular weight excluding hydrogens is 342 g/mol. The molecule has 0 aliphatic rings. The van der Waals surface area contributed by atoms with Gasteiger partial charge in [-0.3, -0.25) is 9.59 Å². The molecule has 0 bridgehead atoms. The number of rotatable bonds is 7. The highest BCUT2D eigenvalue weighted by Crippen LogP contribution is 2.21. The van der Waals surface area contributed by atoms with Crippen molar-refractivity contribution in [2.45, 2.75) is 26.9 Å². The lowest BCUT2D eigenvalue weighted by Gasteiger charge is -2.21. The van der Waals surface area contributed by atoms with E-state index in [1.54, 1.807) is 24.3 Å². The monoisotopic (exact) mass is 369 g/mol. The van der Waals surface area contributed by atoms with Gasteiger partial charge < -0.3 is 19.9 Å². The van der Waals surface area contributed by atoms with Gasteiger partial charge in [-0.15, -0.1) is 0 Å². The predicted octanol–water partition coefficient (Wildman–Crippen LogP) is 3.53. The third kappa shape index (κ3) is 6.02. The molecule has 0 atom stereocenters. The SMILES string of the molecule is CC(=O)N(CC(=O)Nc1ccc(N(C)C)cc1)c1ccc(OC(C)C)cc1. The minimum absolute atomic E-state index is 0.0604. The second-order valence-corrected chi connectivity index (χ2v) is 6.76. The van der Waals surface area contributed by atoms with Crippen LogP contribution >= 0.6 is 0 Å². The molecule has 6 nitrogen and oxygen atoms in total. The zero-order valence-electron chi connectivity index (χ0n) is 16.5. The summed E-state index contributed by atoms with van der Waals surface area (Å²) in [5.41, 5.74) is 2.38. The minimum atomic E-state index is -0.259. The van der Waals surface area contributed by atoms with Gasteiger partial charge in [0, 0.05) is 38.1 Å². The van der Waals surface area contributed by atoms with E-state index in [4.69, 9.17) is 4.74 Å². The fraction of sp³-hybridized carbons (Fsp3) is 0.333. The molecule has 0 fully saturated rings. The zero-order chi connectivity index (χ0) is 20.0. The number of carbonyl (C=O) groups excluding carboxylic acids is 2. The highest BCUT2D eigenvalue weighted by Gasteiger charge is 2.16. The number of nitrogens with one attached hydrogen (secondary N) is 1. The van der Waals surface area contributed by atoms with Crippen LogP contribution in [0.1, 0.15) is 20.8 Å². The van der Waals surface area contributed by atoms with Crippen molar-refractivity contribution in [1.82, 2.24) is 0 Å². The first kappa shape index (κ1) is 20.3. The van der Waals surface area contributed by atoms with Crippen LogP contribution in [-0.2, 0) is 9.59 Å². The van der Waals surface area contributed by atoms with Crippen molar-refractivity contribution in [2.75, 3.05) is 35.8 Å². The molecule has 0 saturated carbocycles. The van der Waals surface area contributed by atoms with Crippen molar-refractivity contribution in [1.29, 1.82) is 0 Å². The van der Waals surface area contributed by atoms with E-state index in [9.17, 15) is 9.59 Å². The normalized spacial score (nSPS) is 10.4. The van der Waals surface area contributed by atoms with Gasteiger partial charge in [-0.05, 0) is 62.4 Å². The maximum absolute atomic E-state index is 12.4. The molecule has 144 valence electrons. The zero-order valence-corrected chi connectivity index (χ0v) is 16.5. The molecule has 2 amide bonds. The molecule has 1 N–H and O–H groups in total. The Hall–Kier alpha value is -3.02. The number of nitrogens with zero attached hydrogens (tertiary/aromatic N) is 2. The number of ether oxygens (including phenoxy) is 1. The minimum Gasteiger partial charge on any atom is -0.491 e. The van der Waals surface area contributed by atoms with Crippen LogP contribution in [0.2, 0.25) is 0 Å². The van der Waals surface area contributed by atoms with Crippen molar-refractivity contribution in [2.24, 2.45) is 0 Å². The summed E-state index contributed by atoms with van der Waals surface area (Å²) in [6.07, 6.45) is 0.0735. The Morgan fingerprint density at radius 1 is 0.963 bits per heavy atom. The summed E-state index contributed by atoms with van der Waals surface area (Å²) in [6.45, 7) is 5.28. The molecule has 2 aromatic carbocycles.